The van der Waals surface area contributed by atoms with E-state index >= 15 is 0 Å². The first kappa shape index (κ1) is 13.9. The van der Waals surface area contributed by atoms with Crippen LogP contribution in [0.1, 0.15) is 10.4 Å². The van der Waals surface area contributed by atoms with E-state index < -0.39 is 5.97 Å². The second-order valence-corrected chi connectivity index (χ2v) is 4.77. The van der Waals surface area contributed by atoms with Crippen molar-refractivity contribution in [2.75, 3.05) is 20.0 Å². The summed E-state index contributed by atoms with van der Waals surface area (Å²) in [4.78, 5) is 19.5. The van der Waals surface area contributed by atoms with E-state index in [0.717, 1.165) is 11.3 Å². The fourth-order valence-electron chi connectivity index (χ4n) is 2.29. The third kappa shape index (κ3) is 2.35. The van der Waals surface area contributed by atoms with Gasteiger partial charge in [0.05, 0.1) is 25.3 Å². The molecule has 0 radical (unpaired) electrons. The number of methoxy groups -OCH3 is 2. The zero-order valence-electron chi connectivity index (χ0n) is 12.2. The zero-order valence-corrected chi connectivity index (χ0v) is 12.2. The molecule has 6 nitrogen and oxygen atoms in total. The molecule has 0 fully saturated rings. The molecule has 0 aliphatic heterocycles. The second-order valence-electron chi connectivity index (χ2n) is 4.77. The van der Waals surface area contributed by atoms with E-state index in [-0.39, 0.29) is 0 Å². The average molecular weight is 297 g/mol. The Hall–Kier alpha value is -3.02. The smallest absolute Gasteiger partial charge is 0.340 e. The third-order valence-electron chi connectivity index (χ3n) is 3.38. The van der Waals surface area contributed by atoms with Crippen LogP contribution >= 0.6 is 0 Å². The molecule has 0 atom stereocenters. The second kappa shape index (κ2) is 5.40. The molecule has 0 saturated heterocycles. The number of imidazole rings is 1. The Morgan fingerprint density at radius 3 is 2.55 bits per heavy atom. The number of nitrogen functional groups attached to an aromatic ring is 1. The number of hydrogen-bond acceptors (Lipinski definition) is 5. The number of carbonyl (C=O) groups is 1. The highest BCUT2D eigenvalue weighted by Crippen LogP contribution is 2.26. The number of nitrogens with one attached hydrogen (secondary N) is 1. The van der Waals surface area contributed by atoms with Gasteiger partial charge in [0, 0.05) is 11.3 Å². The summed E-state index contributed by atoms with van der Waals surface area (Å²) in [5, 5.41) is 0. The van der Waals surface area contributed by atoms with Gasteiger partial charge in [-0.15, -0.1) is 0 Å². The van der Waals surface area contributed by atoms with E-state index in [1.807, 2.05) is 24.3 Å². The molecule has 1 aromatic heterocycles. The number of ether oxygens (including phenoxy) is 2. The van der Waals surface area contributed by atoms with Crippen molar-refractivity contribution in [3.8, 4) is 17.1 Å². The molecule has 1 heterocycles. The van der Waals surface area contributed by atoms with E-state index in [9.17, 15) is 4.79 Å². The maximum atomic E-state index is 11.9. The van der Waals surface area contributed by atoms with Crippen LogP contribution in [0.4, 0.5) is 5.69 Å². The van der Waals surface area contributed by atoms with Gasteiger partial charge in [0.2, 0.25) is 0 Å². The molecule has 3 N–H and O–H groups in total. The Morgan fingerprint density at radius 1 is 1.18 bits per heavy atom. The topological polar surface area (TPSA) is 90.2 Å². The lowest BCUT2D eigenvalue weighted by Gasteiger charge is -2.01. The molecule has 22 heavy (non-hydrogen) atoms. The number of esters is 1. The molecule has 0 bridgehead atoms. The average Bonchev–Trinajstić information content (AvgIpc) is 2.97. The molecule has 2 aromatic carbocycles. The molecule has 0 aliphatic carbocycles. The van der Waals surface area contributed by atoms with Crippen LogP contribution in [0.15, 0.2) is 36.4 Å². The number of nitrogens with two attached hydrogens (primary N) is 1. The predicted molar refractivity (Wildman–Crippen MR) is 83.8 cm³/mol. The van der Waals surface area contributed by atoms with E-state index in [1.165, 1.54) is 7.11 Å². The summed E-state index contributed by atoms with van der Waals surface area (Å²) < 4.78 is 9.92. The van der Waals surface area contributed by atoms with Crippen molar-refractivity contribution in [3.05, 3.63) is 42.0 Å². The highest BCUT2D eigenvalue weighted by Gasteiger charge is 2.16. The van der Waals surface area contributed by atoms with Crippen molar-refractivity contribution < 1.29 is 14.3 Å². The van der Waals surface area contributed by atoms with Gasteiger partial charge in [0.1, 0.15) is 17.1 Å². The molecule has 112 valence electrons. The summed E-state index contributed by atoms with van der Waals surface area (Å²) in [5.41, 5.74) is 8.74. The molecule has 6 heteroatoms. The first-order valence-electron chi connectivity index (χ1n) is 6.64. The van der Waals surface area contributed by atoms with Crippen molar-refractivity contribution in [1.82, 2.24) is 9.97 Å². The van der Waals surface area contributed by atoms with Gasteiger partial charge in [0.25, 0.3) is 0 Å². The van der Waals surface area contributed by atoms with Gasteiger partial charge in [-0.05, 0) is 36.4 Å². The molecule has 0 unspecified atom stereocenters. The van der Waals surface area contributed by atoms with Gasteiger partial charge < -0.3 is 20.2 Å². The maximum Gasteiger partial charge on any atom is 0.340 e. The van der Waals surface area contributed by atoms with Crippen molar-refractivity contribution in [2.45, 2.75) is 0 Å². The van der Waals surface area contributed by atoms with Crippen LogP contribution in [0.5, 0.6) is 5.75 Å². The monoisotopic (exact) mass is 297 g/mol. The predicted octanol–water partition coefficient (Wildman–Crippen LogP) is 2.61. The van der Waals surface area contributed by atoms with E-state index in [4.69, 9.17) is 15.2 Å². The van der Waals surface area contributed by atoms with Crippen molar-refractivity contribution in [1.29, 1.82) is 0 Å². The van der Waals surface area contributed by atoms with Crippen LogP contribution in [0, 0.1) is 0 Å². The summed E-state index contributed by atoms with van der Waals surface area (Å²) >= 11 is 0. The van der Waals surface area contributed by atoms with Crippen molar-refractivity contribution in [2.24, 2.45) is 0 Å². The Morgan fingerprint density at radius 2 is 1.91 bits per heavy atom. The third-order valence-corrected chi connectivity index (χ3v) is 3.38. The summed E-state index contributed by atoms with van der Waals surface area (Å²) in [6.45, 7) is 0. The molecular formula is C16H15N3O3. The number of nitrogens with zero attached hydrogens (tertiary/aromatic N) is 1. The summed E-state index contributed by atoms with van der Waals surface area (Å²) in [7, 11) is 2.94. The SMILES string of the molecule is COC(=O)c1cc(N)cc2[nH]c(-c3ccc(OC)cc3)nc12. The minimum atomic E-state index is -0.468. The van der Waals surface area contributed by atoms with E-state index in [2.05, 4.69) is 9.97 Å². The highest BCUT2D eigenvalue weighted by atomic mass is 16.5. The molecule has 0 spiro atoms. The van der Waals surface area contributed by atoms with Crippen LogP contribution in [0.25, 0.3) is 22.4 Å². The van der Waals surface area contributed by atoms with Gasteiger partial charge >= 0.3 is 5.97 Å². The number of aromatic amines is 1. The quantitative estimate of drug-likeness (QED) is 0.573. The lowest BCUT2D eigenvalue weighted by molar-refractivity contribution is 0.0603. The molecule has 3 rings (SSSR count). The first-order chi connectivity index (χ1) is 10.6. The van der Waals surface area contributed by atoms with E-state index in [0.29, 0.717) is 28.1 Å². The first-order valence-corrected chi connectivity index (χ1v) is 6.64. The zero-order chi connectivity index (χ0) is 15.7. The Bertz CT molecular complexity index is 838. The number of aromatic nitrogens is 2. The van der Waals surface area contributed by atoms with Gasteiger partial charge in [-0.3, -0.25) is 0 Å². The standard InChI is InChI=1S/C16H15N3O3/c1-21-11-5-3-9(4-6-11)15-18-13-8-10(17)7-12(14(13)19-15)16(20)22-2/h3-8H,17H2,1-2H3,(H,18,19). The van der Waals surface area contributed by atoms with Crippen molar-refractivity contribution >= 4 is 22.7 Å². The summed E-state index contributed by atoms with van der Waals surface area (Å²) in [6.07, 6.45) is 0. The lowest BCUT2D eigenvalue weighted by atomic mass is 10.1. The normalized spacial score (nSPS) is 10.6. The molecule has 3 aromatic rings. The Kier molecular flexibility index (Phi) is 3.42. The number of fused-ring (bicyclic) bond motifs is 1. The molecule has 0 saturated carbocycles. The maximum absolute atomic E-state index is 11.9. The number of anilines is 1. The van der Waals surface area contributed by atoms with Crippen LogP contribution in [0.3, 0.4) is 0 Å². The van der Waals surface area contributed by atoms with Gasteiger partial charge in [0.15, 0.2) is 0 Å². The minimum Gasteiger partial charge on any atom is -0.497 e. The van der Waals surface area contributed by atoms with Crippen LogP contribution in [-0.2, 0) is 4.74 Å². The Balaban J connectivity index is 2.14. The molecular weight excluding hydrogens is 282 g/mol. The number of hydrogen-bond donors (Lipinski definition) is 2. The van der Waals surface area contributed by atoms with Gasteiger partial charge in [-0.25, -0.2) is 9.78 Å². The highest BCUT2D eigenvalue weighted by molar-refractivity contribution is 6.04. The summed E-state index contributed by atoms with van der Waals surface area (Å²) in [5.74, 6) is 0.942. The fraction of sp³-hybridized carbons (Fsp3) is 0.125. The van der Waals surface area contributed by atoms with Gasteiger partial charge in [-0.1, -0.05) is 0 Å². The molecule has 0 amide bonds. The Labute approximate surface area is 126 Å². The number of H-pyrrole nitrogens is 1. The minimum absolute atomic E-state index is 0.341. The van der Waals surface area contributed by atoms with Crippen LogP contribution in [-0.4, -0.2) is 30.2 Å². The number of rotatable bonds is 3. The van der Waals surface area contributed by atoms with Crippen LogP contribution in [0.2, 0.25) is 0 Å². The van der Waals surface area contributed by atoms with Crippen LogP contribution < -0.4 is 10.5 Å². The van der Waals surface area contributed by atoms with E-state index in [1.54, 1.807) is 19.2 Å². The molecule has 0 aliphatic rings. The largest absolute Gasteiger partial charge is 0.497 e. The van der Waals surface area contributed by atoms with Gasteiger partial charge in [-0.2, -0.15) is 0 Å². The summed E-state index contributed by atoms with van der Waals surface area (Å²) in [6, 6.07) is 10.8. The fourth-order valence-corrected chi connectivity index (χ4v) is 2.29. The number of carbonyl (C=O) groups excluding carboxylic acids is 1. The lowest BCUT2D eigenvalue weighted by Crippen LogP contribution is -2.03. The van der Waals surface area contributed by atoms with Crippen molar-refractivity contribution in [3.63, 3.8) is 0 Å². The number of benzene rings is 2.